The molecule has 0 aliphatic heterocycles. The van der Waals surface area contributed by atoms with Crippen molar-refractivity contribution in [2.45, 2.75) is 70.6 Å². The Balaban J connectivity index is 0.000000165. The summed E-state index contributed by atoms with van der Waals surface area (Å²) in [5.74, 6) is 0.373. The average molecular weight is 2130 g/mol. The second-order valence-electron chi connectivity index (χ2n) is 33.3. The van der Waals surface area contributed by atoms with E-state index in [1.54, 1.807) is 178 Å². The Labute approximate surface area is 856 Å². The largest absolute Gasteiger partial charge is 0.497 e. The first kappa shape index (κ1) is 106. The van der Waals surface area contributed by atoms with Crippen LogP contribution in [-0.4, -0.2) is 149 Å². The lowest BCUT2D eigenvalue weighted by Gasteiger charge is -2.40. The van der Waals surface area contributed by atoms with Crippen molar-refractivity contribution in [3.8, 4) is 46.0 Å². The van der Waals surface area contributed by atoms with Gasteiger partial charge in [-0.2, -0.15) is 0 Å². The number of aromatic amines is 4. The van der Waals surface area contributed by atoms with Gasteiger partial charge in [0.15, 0.2) is 23.1 Å². The van der Waals surface area contributed by atoms with E-state index < -0.39 is 76.0 Å². The fourth-order valence-corrected chi connectivity index (χ4v) is 17.8. The number of fused-ring (bicyclic) bond motifs is 4. The minimum Gasteiger partial charge on any atom is -0.497 e. The van der Waals surface area contributed by atoms with E-state index in [1.165, 1.54) is 71.2 Å². The van der Waals surface area contributed by atoms with Crippen LogP contribution in [0, 0.1) is 53.2 Å². The molecule has 768 valence electrons. The maximum absolute atomic E-state index is 14.2. The predicted octanol–water partition coefficient (Wildman–Crippen LogP) is 25.9. The Morgan fingerprint density at radius 3 is 1.01 bits per heavy atom. The van der Waals surface area contributed by atoms with E-state index in [2.05, 4.69) is 45.7 Å². The van der Waals surface area contributed by atoms with Crippen molar-refractivity contribution in [3.63, 3.8) is 0 Å². The van der Waals surface area contributed by atoms with Gasteiger partial charge in [-0.1, -0.05) is 90.1 Å². The van der Waals surface area contributed by atoms with Gasteiger partial charge in [0.1, 0.15) is 113 Å². The van der Waals surface area contributed by atoms with Crippen LogP contribution in [0.4, 0.5) is 51.0 Å². The SMILES string of the molecule is COc1cc(NC(C(=O)c2c[nH]c3cc(F)ccc23)c2ccc(Cl)cc2C)cc(OCCOP(=O)(O)O)c1.COc1cc(NC(C(=O)c2c[nH]c3ccc(S(F)(F)(F)(F)F)cc23)c2ccc(Cl)cc2C)cc(OCCO)c1.[2H]C(Nc1cc(OC)cc(OCCO)c1)(C(=O)c1c[nH]c2cc(C)c(C)cc12)c1ccc(Cl)cc1C.[2H]C(Nc1cc(OC)cc(OCCO)c1)(C(=O)c1c[nH]c2cc(F)ccc12)c1ccc(Cl)cc1C. The number of rotatable bonds is 39. The van der Waals surface area contributed by atoms with Gasteiger partial charge in [0, 0.05) is 206 Å². The number of ether oxygens (including phenoxy) is 8. The molecule has 4 atom stereocenters. The van der Waals surface area contributed by atoms with E-state index in [0.29, 0.717) is 167 Å². The summed E-state index contributed by atoms with van der Waals surface area (Å²) in [4.78, 5) is 83.4. The maximum atomic E-state index is 14.2. The standard InChI is InChI=1S/C28H29ClN2O4.C26H24ClF5N2O4S.C26H25ClFN2O7P.C26H24ClFN2O4/c1-16-10-24-25(15-30-26(24)11-17(16)2)28(33)27(23-6-5-19(29)9-18(23)3)31-20-12-21(34-4)14-22(13-20)35-8-7-32;1-15-9-16(27)3-5-21(15)25(34-17-10-18(37-2)12-19(11-17)38-8-7-35)26(36)23-14-33-24-6-4-20(13-22(23)24)39(28,29,30,31)32;1-15-9-16(27)3-5-21(15)25(26(31)23-14-29-24-10-17(28)4-6-22(23)24)30-18-11-19(35-2)13-20(12-18)36-7-8-37-38(32,33)34;1-15-9-16(27)3-5-21(15)25(26(32)23-14-29-24-10-17(28)4-6-22(23)24)30-18-11-19(33-2)13-20(12-18)34-8-7-31/h5-6,9-15,27,30-32H,7-8H2,1-4H3;3-6,9-14,25,33-35H,7-8H2,1-2H3;3-6,9-14,25,29-30H,7-8H2,1-2H3,(H2,32,33,34);3-6,9-14,25,29-31H,7-8H2,1-2H3/i27D;;;25D. The highest BCUT2D eigenvalue weighted by atomic mass is 35.5. The van der Waals surface area contributed by atoms with E-state index in [4.69, 9.17) is 109 Å². The molecule has 0 bridgehead atoms. The molecule has 4 unspecified atom stereocenters. The number of hydrogen-bond acceptors (Lipinski definition) is 21. The molecule has 0 saturated heterocycles. The minimum absolute atomic E-state index is 0.00487. The maximum Gasteiger partial charge on any atom is 0.469 e. The van der Waals surface area contributed by atoms with Crippen LogP contribution in [0.2, 0.25) is 20.1 Å². The van der Waals surface area contributed by atoms with Crippen molar-refractivity contribution in [1.82, 2.24) is 19.9 Å². The van der Waals surface area contributed by atoms with Crippen LogP contribution in [-0.2, 0) is 9.09 Å². The molecule has 4 heterocycles. The Morgan fingerprint density at radius 1 is 0.349 bits per heavy atom. The number of phosphoric ester groups is 1. The lowest BCUT2D eigenvalue weighted by Crippen LogP contribution is -2.22. The summed E-state index contributed by atoms with van der Waals surface area (Å²) in [6.45, 7) is 10.3. The molecule has 0 radical (unpaired) electrons. The minimum atomic E-state index is -10.0. The molecular formula is C106H102Cl4F7N8O19PS. The molecule has 40 heteroatoms. The van der Waals surface area contributed by atoms with Gasteiger partial charge in [0.05, 0.1) is 57.6 Å². The molecule has 12 aromatic carbocycles. The molecule has 0 saturated carbocycles. The van der Waals surface area contributed by atoms with Gasteiger partial charge in [0.25, 0.3) is 0 Å². The Kier molecular flexibility index (Phi) is 34.0. The van der Waals surface area contributed by atoms with Gasteiger partial charge < -0.3 is 104 Å². The summed E-state index contributed by atoms with van der Waals surface area (Å²) in [6, 6.07) is 47.2. The zero-order valence-electron chi connectivity index (χ0n) is 81.8. The van der Waals surface area contributed by atoms with Crippen molar-refractivity contribution in [1.29, 1.82) is 0 Å². The number of hydrogen-bond donors (Lipinski definition) is 13. The number of aromatic nitrogens is 4. The summed E-state index contributed by atoms with van der Waals surface area (Å²) in [5, 5.41) is 43.3. The van der Waals surface area contributed by atoms with Gasteiger partial charge in [-0.25, -0.2) is 13.3 Å². The van der Waals surface area contributed by atoms with E-state index in [9.17, 15) is 54.7 Å². The smallest absolute Gasteiger partial charge is 0.469 e. The van der Waals surface area contributed by atoms with E-state index >= 15 is 0 Å². The first-order valence-electron chi connectivity index (χ1n) is 45.6. The molecule has 0 fully saturated rings. The first-order valence-corrected chi connectivity index (χ1v) is 49.6. The fraction of sp³-hybridized carbons (Fsp3) is 0.208. The number of aliphatic hydroxyl groups is 3. The fourth-order valence-electron chi connectivity index (χ4n) is 15.9. The second kappa shape index (κ2) is 46.6. The number of halogens is 11. The molecule has 16 aromatic rings. The Bertz CT molecular complexity index is 7700. The molecule has 13 N–H and O–H groups in total. The van der Waals surface area contributed by atoms with Gasteiger partial charge in [-0.3, -0.25) is 23.7 Å². The quantitative estimate of drug-likeness (QED) is 0.00736. The van der Waals surface area contributed by atoms with E-state index in [1.807, 2.05) is 39.8 Å². The second-order valence-corrected chi connectivity index (χ2v) is 38.7. The molecule has 146 heavy (non-hydrogen) atoms. The highest BCUT2D eigenvalue weighted by Gasteiger charge is 2.65. The summed E-state index contributed by atoms with van der Waals surface area (Å²) >= 11 is 24.6. The van der Waals surface area contributed by atoms with Crippen molar-refractivity contribution in [2.24, 2.45) is 0 Å². The van der Waals surface area contributed by atoms with E-state index in [0.717, 1.165) is 33.7 Å². The number of phosphoric acid groups is 1. The molecular weight excluding hydrogens is 2030 g/mol. The van der Waals surface area contributed by atoms with Crippen LogP contribution in [0.25, 0.3) is 43.6 Å². The van der Waals surface area contributed by atoms with Crippen molar-refractivity contribution >= 4 is 154 Å². The number of Topliss-reactive ketones (excluding diaryl/α,β-unsaturated/α-hetero) is 4. The zero-order valence-corrected chi connectivity index (χ0v) is 84.5. The number of aliphatic hydroxyl groups excluding tert-OH is 3. The first-order chi connectivity index (χ1) is 70.0. The Hall–Kier alpha value is -13.9. The predicted molar refractivity (Wildman–Crippen MR) is 555 cm³/mol. The molecule has 27 nitrogen and oxygen atoms in total. The highest BCUT2D eigenvalue weighted by Crippen LogP contribution is 3.02. The van der Waals surface area contributed by atoms with Crippen molar-refractivity contribution in [2.75, 3.05) is 103 Å². The molecule has 0 amide bonds. The van der Waals surface area contributed by atoms with Gasteiger partial charge in [-0.05, 0) is 212 Å². The molecule has 0 aliphatic carbocycles. The third kappa shape index (κ3) is 27.8. The number of carbonyl (C=O) groups excluding carboxylic acids is 4. The van der Waals surface area contributed by atoms with Crippen LogP contribution < -0.4 is 59.2 Å². The summed E-state index contributed by atoms with van der Waals surface area (Å²) in [6.07, 6.45) is 5.87. The summed E-state index contributed by atoms with van der Waals surface area (Å²) in [7, 11) is -8.72. The van der Waals surface area contributed by atoms with Crippen LogP contribution in [0.3, 0.4) is 0 Å². The molecule has 16 rings (SSSR count). The molecule has 0 aliphatic rings. The number of carbonyl (C=O) groups is 4. The van der Waals surface area contributed by atoms with E-state index in [-0.39, 0.29) is 86.7 Å². The van der Waals surface area contributed by atoms with Gasteiger partial charge >= 0.3 is 18.0 Å². The summed E-state index contributed by atoms with van der Waals surface area (Å²) in [5.41, 5.74) is 11.2. The van der Waals surface area contributed by atoms with Crippen LogP contribution in [0.1, 0.15) is 124 Å². The van der Waals surface area contributed by atoms with Gasteiger partial charge in [0.2, 0.25) is 0 Å². The van der Waals surface area contributed by atoms with Crippen LogP contribution >= 0.6 is 64.5 Å². The zero-order chi connectivity index (χ0) is 107. The van der Waals surface area contributed by atoms with Crippen molar-refractivity contribution in [3.05, 3.63) is 347 Å². The van der Waals surface area contributed by atoms with Crippen molar-refractivity contribution < 1.29 is 122 Å². The molecule has 4 aromatic heterocycles. The number of aryl methyl sites for hydroxylation is 6. The average Bonchev–Trinajstić information content (AvgIpc) is 1.08. The number of nitrogens with one attached hydrogen (secondary N) is 8. The lowest BCUT2D eigenvalue weighted by molar-refractivity contribution is 0.0963. The molecule has 0 spiro atoms. The summed E-state index contributed by atoms with van der Waals surface area (Å²) < 4.78 is 173. The number of H-pyrrole nitrogens is 4. The number of benzene rings is 12. The highest BCUT2D eigenvalue weighted by molar-refractivity contribution is 8.45. The third-order valence-corrected chi connectivity index (χ3v) is 25.6. The van der Waals surface area contributed by atoms with Crippen LogP contribution in [0.5, 0.6) is 46.0 Å². The lowest BCUT2D eigenvalue weighted by atomic mass is 9.93. The monoisotopic (exact) mass is 2130 g/mol. The third-order valence-electron chi connectivity index (χ3n) is 23.0. The number of ketones is 4. The number of methoxy groups -OCH3 is 4. The van der Waals surface area contributed by atoms with Crippen LogP contribution in [0.15, 0.2) is 242 Å². The van der Waals surface area contributed by atoms with Gasteiger partial charge in [-0.15, -0.1) is 0 Å². The Morgan fingerprint density at radius 2 is 0.658 bits per heavy atom. The number of anilines is 4. The topological polar surface area (TPSA) is 381 Å². The normalized spacial score (nSPS) is 13.3.